The number of nitrogens with zero attached hydrogens (tertiary/aromatic N) is 2. The Labute approximate surface area is 227 Å². The summed E-state index contributed by atoms with van der Waals surface area (Å²) in [6, 6.07) is 15.8. The van der Waals surface area contributed by atoms with Gasteiger partial charge in [-0.2, -0.15) is 4.98 Å². The first-order valence-corrected chi connectivity index (χ1v) is 12.7. The molecule has 0 aliphatic carbocycles. The summed E-state index contributed by atoms with van der Waals surface area (Å²) in [5, 5.41) is 4.04. The van der Waals surface area contributed by atoms with Crippen LogP contribution in [0.5, 0.6) is 0 Å². The number of unbranched alkanes of at least 4 members (excludes halogenated alkanes) is 3. The van der Waals surface area contributed by atoms with Gasteiger partial charge in [-0.25, -0.2) is 4.79 Å². The maximum atomic E-state index is 10.3. The first-order chi connectivity index (χ1) is 18.5. The third-order valence-electron chi connectivity index (χ3n) is 5.04. The van der Waals surface area contributed by atoms with Gasteiger partial charge in [0.05, 0.1) is 6.61 Å². The Morgan fingerprint density at radius 1 is 0.947 bits per heavy atom. The summed E-state index contributed by atoms with van der Waals surface area (Å²) in [6.45, 7) is 11.0. The molecule has 0 saturated carbocycles. The van der Waals surface area contributed by atoms with Crippen molar-refractivity contribution >= 4 is 5.97 Å². The number of esters is 1. The lowest BCUT2D eigenvalue weighted by atomic mass is 10.1. The van der Waals surface area contributed by atoms with Crippen molar-refractivity contribution in [3.8, 4) is 34.7 Å². The fourth-order valence-electron chi connectivity index (χ4n) is 2.96. The molecule has 0 N–H and O–H groups in total. The third-order valence-corrected chi connectivity index (χ3v) is 5.04. The first kappa shape index (κ1) is 32.3. The third kappa shape index (κ3) is 13.5. The monoisotopic (exact) mass is 520 g/mol. The smallest absolute Gasteiger partial charge is 0.330 e. The van der Waals surface area contributed by atoms with Gasteiger partial charge in [0.1, 0.15) is 6.61 Å². The van der Waals surface area contributed by atoms with E-state index in [4.69, 9.17) is 9.26 Å². The normalized spacial score (nSPS) is 9.61. The Kier molecular flexibility index (Phi) is 17.3. The van der Waals surface area contributed by atoms with Crippen LogP contribution in [0.2, 0.25) is 0 Å². The van der Waals surface area contributed by atoms with Gasteiger partial charge >= 0.3 is 5.97 Å². The number of methoxy groups -OCH3 is 2. The van der Waals surface area contributed by atoms with E-state index in [0.717, 1.165) is 29.4 Å². The van der Waals surface area contributed by atoms with Gasteiger partial charge in [-0.1, -0.05) is 73.7 Å². The highest BCUT2D eigenvalue weighted by Gasteiger charge is 2.10. The molecular weight excluding hydrogens is 480 g/mol. The summed E-state index contributed by atoms with van der Waals surface area (Å²) in [5.41, 5.74) is 4.01. The summed E-state index contributed by atoms with van der Waals surface area (Å²) in [6.07, 6.45) is 6.33. The second-order valence-corrected chi connectivity index (χ2v) is 8.16. The minimum absolute atomic E-state index is 0.293. The Morgan fingerprint density at radius 2 is 1.61 bits per heavy atom. The van der Waals surface area contributed by atoms with Crippen LogP contribution < -0.4 is 0 Å². The molecule has 0 radical (unpaired) electrons. The number of benzene rings is 2. The highest BCUT2D eigenvalue weighted by atomic mass is 16.6. The summed E-state index contributed by atoms with van der Waals surface area (Å²) >= 11 is 0. The van der Waals surface area contributed by atoms with Crippen LogP contribution in [0.3, 0.4) is 0 Å². The standard InChI is InChI=1S/C18H14N2O.C7H16O.C6H10O3/c1-3-4-14-7-11-16(12-8-14)18-19-17(20-21-18)15-9-5-13(2)6-10-15;1-3-4-5-6-7-8-2;1-3-6(7)9-5-4-8-2/h5-12H,1-2H3;3-7H2,1-2H3;3H,1,4-5H2,2H3. The van der Waals surface area contributed by atoms with E-state index in [9.17, 15) is 4.79 Å². The van der Waals surface area contributed by atoms with E-state index >= 15 is 0 Å². The average Bonchev–Trinajstić information content (AvgIpc) is 3.43. The summed E-state index contributed by atoms with van der Waals surface area (Å²) in [7, 11) is 3.30. The van der Waals surface area contributed by atoms with Gasteiger partial charge in [0.2, 0.25) is 5.82 Å². The molecule has 7 heteroatoms. The Hall–Kier alpha value is -3.73. The molecule has 1 heterocycles. The number of aryl methyl sites for hydroxylation is 1. The number of hydrogen-bond acceptors (Lipinski definition) is 7. The lowest BCUT2D eigenvalue weighted by Crippen LogP contribution is -2.06. The first-order valence-electron chi connectivity index (χ1n) is 12.7. The zero-order valence-corrected chi connectivity index (χ0v) is 23.3. The molecule has 3 aromatic rings. The molecule has 0 aliphatic rings. The average molecular weight is 521 g/mol. The molecule has 0 saturated heterocycles. The van der Waals surface area contributed by atoms with Crippen molar-refractivity contribution in [2.75, 3.05) is 34.0 Å². The van der Waals surface area contributed by atoms with Gasteiger partial charge in [-0.3, -0.25) is 0 Å². The molecule has 7 nitrogen and oxygen atoms in total. The van der Waals surface area contributed by atoms with Gasteiger partial charge in [0.15, 0.2) is 0 Å². The summed E-state index contributed by atoms with van der Waals surface area (Å²) in [4.78, 5) is 14.7. The number of hydrogen-bond donors (Lipinski definition) is 0. The highest BCUT2D eigenvalue weighted by molar-refractivity contribution is 5.81. The Bertz CT molecular complexity index is 1100. The van der Waals surface area contributed by atoms with Crippen molar-refractivity contribution < 1.29 is 23.5 Å². The van der Waals surface area contributed by atoms with E-state index in [-0.39, 0.29) is 0 Å². The zero-order chi connectivity index (χ0) is 28.0. The number of carbonyl (C=O) groups is 1. The van der Waals surface area contributed by atoms with E-state index < -0.39 is 5.97 Å². The van der Waals surface area contributed by atoms with E-state index in [1.165, 1.54) is 31.2 Å². The van der Waals surface area contributed by atoms with Crippen LogP contribution in [-0.2, 0) is 19.0 Å². The van der Waals surface area contributed by atoms with Crippen LogP contribution in [-0.4, -0.2) is 50.2 Å². The highest BCUT2D eigenvalue weighted by Crippen LogP contribution is 2.22. The quantitative estimate of drug-likeness (QED) is 0.121. The molecule has 204 valence electrons. The van der Waals surface area contributed by atoms with Crippen molar-refractivity contribution in [1.82, 2.24) is 10.1 Å². The van der Waals surface area contributed by atoms with Crippen molar-refractivity contribution in [2.24, 2.45) is 0 Å². The lowest BCUT2D eigenvalue weighted by molar-refractivity contribution is -0.138. The fraction of sp³-hybridized carbons (Fsp3) is 0.387. The SMILES string of the molecule is C=CC(=O)OCCOC.CC#Cc1ccc(-c2nc(-c3ccc(C)cc3)no2)cc1.CCCCCCOC. The van der Waals surface area contributed by atoms with Crippen molar-refractivity contribution in [2.45, 2.75) is 46.5 Å². The number of ether oxygens (including phenoxy) is 3. The molecule has 1 aromatic heterocycles. The van der Waals surface area contributed by atoms with E-state index in [0.29, 0.717) is 24.9 Å². The summed E-state index contributed by atoms with van der Waals surface area (Å²) in [5.74, 6) is 6.58. The molecule has 0 bridgehead atoms. The van der Waals surface area contributed by atoms with Gasteiger partial charge in [0.25, 0.3) is 5.89 Å². The number of aromatic nitrogens is 2. The van der Waals surface area contributed by atoms with Crippen LogP contribution >= 0.6 is 0 Å². The van der Waals surface area contributed by atoms with E-state index in [2.05, 4.69) is 45.0 Å². The largest absolute Gasteiger partial charge is 0.460 e. The van der Waals surface area contributed by atoms with Gasteiger partial charge in [-0.15, -0.1) is 5.92 Å². The van der Waals surface area contributed by atoms with Crippen molar-refractivity contribution in [3.63, 3.8) is 0 Å². The minimum Gasteiger partial charge on any atom is -0.460 e. The molecule has 2 aromatic carbocycles. The molecule has 3 rings (SSSR count). The Morgan fingerprint density at radius 3 is 2.18 bits per heavy atom. The van der Waals surface area contributed by atoms with Gasteiger partial charge in [0, 0.05) is 43.6 Å². The van der Waals surface area contributed by atoms with E-state index in [1.54, 1.807) is 14.2 Å². The number of rotatable bonds is 11. The maximum absolute atomic E-state index is 10.3. The van der Waals surface area contributed by atoms with Crippen LogP contribution in [0.15, 0.2) is 65.7 Å². The van der Waals surface area contributed by atoms with Crippen LogP contribution in [0, 0.1) is 18.8 Å². The zero-order valence-electron chi connectivity index (χ0n) is 23.3. The molecule has 0 aliphatic heterocycles. The lowest BCUT2D eigenvalue weighted by Gasteiger charge is -1.98. The molecule has 0 amide bonds. The maximum Gasteiger partial charge on any atom is 0.330 e. The van der Waals surface area contributed by atoms with Crippen molar-refractivity contribution in [3.05, 3.63) is 72.3 Å². The second-order valence-electron chi connectivity index (χ2n) is 8.16. The molecule has 0 spiro atoms. The minimum atomic E-state index is -0.410. The molecule has 0 atom stereocenters. The number of carbonyl (C=O) groups excluding carboxylic acids is 1. The van der Waals surface area contributed by atoms with Crippen LogP contribution in [0.25, 0.3) is 22.8 Å². The predicted octanol–water partition coefficient (Wildman–Crippen LogP) is 6.66. The molecule has 0 unspecified atom stereocenters. The Balaban J connectivity index is 0.000000354. The van der Waals surface area contributed by atoms with Gasteiger partial charge < -0.3 is 18.7 Å². The summed E-state index contributed by atoms with van der Waals surface area (Å²) < 4.78 is 19.4. The van der Waals surface area contributed by atoms with Crippen LogP contribution in [0.4, 0.5) is 0 Å². The molecule has 0 fully saturated rings. The van der Waals surface area contributed by atoms with Gasteiger partial charge in [-0.05, 0) is 44.5 Å². The topological polar surface area (TPSA) is 83.7 Å². The molecular formula is C31H40N2O5. The fourth-order valence-corrected chi connectivity index (χ4v) is 2.96. The predicted molar refractivity (Wildman–Crippen MR) is 152 cm³/mol. The van der Waals surface area contributed by atoms with Crippen LogP contribution in [0.1, 0.15) is 50.7 Å². The molecule has 38 heavy (non-hydrogen) atoms. The van der Waals surface area contributed by atoms with Crippen molar-refractivity contribution in [1.29, 1.82) is 0 Å². The van der Waals surface area contributed by atoms with E-state index in [1.807, 2.05) is 62.4 Å². The second kappa shape index (κ2) is 20.3.